The minimum atomic E-state index is -4.06. The van der Waals surface area contributed by atoms with Crippen molar-refractivity contribution in [3.63, 3.8) is 0 Å². The van der Waals surface area contributed by atoms with Crippen LogP contribution in [0.2, 0.25) is 10.0 Å². The van der Waals surface area contributed by atoms with Gasteiger partial charge in [-0.15, -0.1) is 0 Å². The minimum absolute atomic E-state index is 0.0509. The van der Waals surface area contributed by atoms with E-state index >= 15 is 0 Å². The predicted molar refractivity (Wildman–Crippen MR) is 138 cm³/mol. The average molecular weight is 554 g/mol. The summed E-state index contributed by atoms with van der Waals surface area (Å²) in [6.07, 6.45) is 0.707. The molecule has 0 aromatic heterocycles. The summed E-state index contributed by atoms with van der Waals surface area (Å²) in [6.45, 7) is 5.17. The fourth-order valence-electron chi connectivity index (χ4n) is 4.01. The second-order valence-electron chi connectivity index (χ2n) is 8.59. The molecule has 1 heterocycles. The first-order valence-electron chi connectivity index (χ1n) is 11.7. The number of carbonyl (C=O) groups excluding carboxylic acids is 3. The second-order valence-corrected chi connectivity index (χ2v) is 11.2. The summed E-state index contributed by atoms with van der Waals surface area (Å²) >= 11 is 12.7. The maximum atomic E-state index is 13.5. The van der Waals surface area contributed by atoms with Crippen LogP contribution in [0.25, 0.3) is 0 Å². The van der Waals surface area contributed by atoms with Gasteiger partial charge in [-0.05, 0) is 44.0 Å². The lowest BCUT2D eigenvalue weighted by Crippen LogP contribution is -2.51. The number of carbonyl (C=O) groups is 3. The lowest BCUT2D eigenvalue weighted by molar-refractivity contribution is -0.141. The molecule has 1 N–H and O–H groups in total. The van der Waals surface area contributed by atoms with Gasteiger partial charge in [0.15, 0.2) is 0 Å². The van der Waals surface area contributed by atoms with Crippen molar-refractivity contribution >= 4 is 50.9 Å². The Balaban J connectivity index is 1.88. The Morgan fingerprint density at radius 2 is 1.67 bits per heavy atom. The van der Waals surface area contributed by atoms with Crippen molar-refractivity contribution in [2.45, 2.75) is 63.6 Å². The highest BCUT2D eigenvalue weighted by molar-refractivity contribution is 7.90. The van der Waals surface area contributed by atoms with E-state index in [9.17, 15) is 22.8 Å². The van der Waals surface area contributed by atoms with Crippen LogP contribution in [0.1, 0.15) is 56.0 Å². The quantitative estimate of drug-likeness (QED) is 0.473. The molecular formula is C25H29Cl2N3O5S. The van der Waals surface area contributed by atoms with E-state index in [0.29, 0.717) is 32.8 Å². The molecule has 0 unspecified atom stereocenters. The Hall–Kier alpha value is -2.62. The summed E-state index contributed by atoms with van der Waals surface area (Å²) in [4.78, 5) is 40.6. The molecule has 0 bridgehead atoms. The number of fused-ring (bicyclic) bond motifs is 1. The Labute approximate surface area is 221 Å². The van der Waals surface area contributed by atoms with Gasteiger partial charge < -0.3 is 10.2 Å². The molecule has 8 nitrogen and oxygen atoms in total. The van der Waals surface area contributed by atoms with Crippen LogP contribution in [-0.2, 0) is 26.2 Å². The molecule has 2 aromatic carbocycles. The third-order valence-corrected chi connectivity index (χ3v) is 8.77. The molecule has 0 aliphatic carbocycles. The standard InChI is InChI=1S/C25H29Cl2N3O5S/c1-4-16(3)28-24(32)21(5-2)29(15-18-19(26)10-8-11-20(18)27)23(31)13-14-30-25(33)17-9-6-7-12-22(17)36(30,34)35/h6-12,16,21H,4-5,13-15H2,1-3H3,(H,28,32)/t16-,21-/m1/s1. The van der Waals surface area contributed by atoms with Gasteiger partial charge in [0, 0.05) is 41.2 Å². The van der Waals surface area contributed by atoms with Crippen LogP contribution < -0.4 is 5.32 Å². The summed E-state index contributed by atoms with van der Waals surface area (Å²) in [6, 6.07) is 9.93. The van der Waals surface area contributed by atoms with Gasteiger partial charge in [-0.1, -0.05) is 55.2 Å². The van der Waals surface area contributed by atoms with Crippen molar-refractivity contribution in [1.29, 1.82) is 0 Å². The predicted octanol–water partition coefficient (Wildman–Crippen LogP) is 4.25. The van der Waals surface area contributed by atoms with E-state index < -0.39 is 27.9 Å². The Bertz CT molecular complexity index is 1250. The number of amides is 3. The maximum Gasteiger partial charge on any atom is 0.269 e. The zero-order valence-corrected chi connectivity index (χ0v) is 22.7. The monoisotopic (exact) mass is 553 g/mol. The molecule has 0 saturated carbocycles. The lowest BCUT2D eigenvalue weighted by Gasteiger charge is -2.32. The number of nitrogens with zero attached hydrogens (tertiary/aromatic N) is 2. The number of halogens is 2. The third kappa shape index (κ3) is 5.68. The van der Waals surface area contributed by atoms with Crippen LogP contribution in [0.15, 0.2) is 47.4 Å². The smallest absolute Gasteiger partial charge is 0.269 e. The van der Waals surface area contributed by atoms with Crippen LogP contribution in [0.5, 0.6) is 0 Å². The molecule has 0 fully saturated rings. The Morgan fingerprint density at radius 1 is 1.03 bits per heavy atom. The van der Waals surface area contributed by atoms with Crippen LogP contribution in [-0.4, -0.2) is 54.0 Å². The number of sulfonamides is 1. The van der Waals surface area contributed by atoms with Gasteiger partial charge in [0.1, 0.15) is 10.9 Å². The first-order chi connectivity index (χ1) is 17.0. The second kappa shape index (κ2) is 11.6. The van der Waals surface area contributed by atoms with Crippen LogP contribution in [0.4, 0.5) is 0 Å². The molecule has 0 saturated heterocycles. The summed E-state index contributed by atoms with van der Waals surface area (Å²) in [5.74, 6) is -1.52. The van der Waals surface area contributed by atoms with Crippen molar-refractivity contribution in [1.82, 2.24) is 14.5 Å². The molecule has 0 radical (unpaired) electrons. The molecule has 1 aliphatic heterocycles. The van der Waals surface area contributed by atoms with E-state index in [1.807, 2.05) is 13.8 Å². The topological polar surface area (TPSA) is 104 Å². The van der Waals surface area contributed by atoms with Crippen molar-refractivity contribution < 1.29 is 22.8 Å². The van der Waals surface area contributed by atoms with Gasteiger partial charge in [0.05, 0.1) is 5.56 Å². The van der Waals surface area contributed by atoms with Crippen LogP contribution in [0.3, 0.4) is 0 Å². The summed E-state index contributed by atoms with van der Waals surface area (Å²) in [5, 5.41) is 3.58. The Kier molecular flexibility index (Phi) is 9.03. The van der Waals surface area contributed by atoms with Gasteiger partial charge in [-0.25, -0.2) is 12.7 Å². The van der Waals surface area contributed by atoms with E-state index in [1.54, 1.807) is 31.2 Å². The zero-order chi connectivity index (χ0) is 26.6. The van der Waals surface area contributed by atoms with Gasteiger partial charge >= 0.3 is 0 Å². The number of benzene rings is 2. The molecule has 3 rings (SSSR count). The van der Waals surface area contributed by atoms with Gasteiger partial charge in [0.25, 0.3) is 15.9 Å². The number of rotatable bonds is 10. The third-order valence-electron chi connectivity index (χ3n) is 6.22. The molecule has 2 atom stereocenters. The fourth-order valence-corrected chi connectivity index (χ4v) is 6.09. The highest BCUT2D eigenvalue weighted by Gasteiger charge is 2.41. The Morgan fingerprint density at radius 3 is 2.25 bits per heavy atom. The van der Waals surface area contributed by atoms with Gasteiger partial charge in [0.2, 0.25) is 11.8 Å². The number of hydrogen-bond acceptors (Lipinski definition) is 5. The largest absolute Gasteiger partial charge is 0.352 e. The van der Waals surface area contributed by atoms with E-state index in [-0.39, 0.29) is 41.9 Å². The first-order valence-corrected chi connectivity index (χ1v) is 13.9. The highest BCUT2D eigenvalue weighted by Crippen LogP contribution is 2.31. The SMILES string of the molecule is CC[C@@H](C)NC(=O)[C@@H](CC)N(Cc1c(Cl)cccc1Cl)C(=O)CCN1C(=O)c2ccccc2S1(=O)=O. The fraction of sp³-hybridized carbons (Fsp3) is 0.400. The van der Waals surface area contributed by atoms with E-state index in [1.165, 1.54) is 23.1 Å². The van der Waals surface area contributed by atoms with Crippen molar-refractivity contribution in [2.75, 3.05) is 6.54 Å². The zero-order valence-electron chi connectivity index (χ0n) is 20.3. The molecule has 11 heteroatoms. The lowest BCUT2D eigenvalue weighted by atomic mass is 10.1. The summed E-state index contributed by atoms with van der Waals surface area (Å²) < 4.78 is 26.5. The first kappa shape index (κ1) is 28.0. The molecule has 1 aliphatic rings. The van der Waals surface area contributed by atoms with Crippen LogP contribution >= 0.6 is 23.2 Å². The summed E-state index contributed by atoms with van der Waals surface area (Å²) in [5.41, 5.74) is 0.547. The minimum Gasteiger partial charge on any atom is -0.352 e. The average Bonchev–Trinajstić information content (AvgIpc) is 3.04. The van der Waals surface area contributed by atoms with Crippen molar-refractivity contribution in [3.8, 4) is 0 Å². The molecule has 194 valence electrons. The molecule has 2 aromatic rings. The number of nitrogens with one attached hydrogen (secondary N) is 1. The van der Waals surface area contributed by atoms with E-state index in [4.69, 9.17) is 23.2 Å². The van der Waals surface area contributed by atoms with Crippen molar-refractivity contribution in [2.24, 2.45) is 0 Å². The normalized spacial score (nSPS) is 15.8. The number of hydrogen-bond donors (Lipinski definition) is 1. The van der Waals surface area contributed by atoms with Crippen molar-refractivity contribution in [3.05, 3.63) is 63.6 Å². The summed E-state index contributed by atoms with van der Waals surface area (Å²) in [7, 11) is -4.06. The molecule has 3 amide bonds. The maximum absolute atomic E-state index is 13.5. The highest BCUT2D eigenvalue weighted by atomic mass is 35.5. The van der Waals surface area contributed by atoms with Crippen LogP contribution in [0, 0.1) is 0 Å². The van der Waals surface area contributed by atoms with E-state index in [2.05, 4.69) is 5.32 Å². The molecule has 36 heavy (non-hydrogen) atoms. The van der Waals surface area contributed by atoms with Gasteiger partial charge in [-0.2, -0.15) is 0 Å². The van der Waals surface area contributed by atoms with E-state index in [0.717, 1.165) is 0 Å². The molecule has 0 spiro atoms. The van der Waals surface area contributed by atoms with Gasteiger partial charge in [-0.3, -0.25) is 14.4 Å². The molecular weight excluding hydrogens is 525 g/mol.